The second-order valence-electron chi connectivity index (χ2n) is 6.37. The van der Waals surface area contributed by atoms with Gasteiger partial charge in [0.15, 0.2) is 5.65 Å². The van der Waals surface area contributed by atoms with Crippen molar-refractivity contribution >= 4 is 17.1 Å². The van der Waals surface area contributed by atoms with Crippen molar-refractivity contribution in [2.24, 2.45) is 0 Å². The van der Waals surface area contributed by atoms with E-state index in [1.54, 1.807) is 18.7 Å². The summed E-state index contributed by atoms with van der Waals surface area (Å²) in [6, 6.07) is 13.9. The van der Waals surface area contributed by atoms with Crippen LogP contribution >= 0.6 is 0 Å². The van der Waals surface area contributed by atoms with Crippen LogP contribution in [0.1, 0.15) is 16.4 Å². The first-order valence-electron chi connectivity index (χ1n) is 8.46. The molecule has 1 saturated heterocycles. The van der Waals surface area contributed by atoms with Gasteiger partial charge in [-0.05, 0) is 24.3 Å². The molecule has 0 N–H and O–H groups in total. The van der Waals surface area contributed by atoms with Crippen LogP contribution in [0.25, 0.3) is 16.9 Å². The van der Waals surface area contributed by atoms with E-state index >= 15 is 0 Å². The van der Waals surface area contributed by atoms with Gasteiger partial charge in [0.2, 0.25) is 0 Å². The Morgan fingerprint density at radius 2 is 1.92 bits per heavy atom. The molecule has 0 atom stereocenters. The van der Waals surface area contributed by atoms with Crippen LogP contribution in [0, 0.1) is 0 Å². The van der Waals surface area contributed by atoms with E-state index in [0.29, 0.717) is 24.2 Å². The average Bonchev–Trinajstić information content (AvgIpc) is 3.30. The molecule has 1 amide bonds. The van der Waals surface area contributed by atoms with E-state index in [4.69, 9.17) is 0 Å². The fourth-order valence-corrected chi connectivity index (χ4v) is 3.26. The zero-order valence-corrected chi connectivity index (χ0v) is 13.9. The minimum Gasteiger partial charge on any atom is -0.334 e. The molecule has 1 aliphatic heterocycles. The number of amides is 1. The summed E-state index contributed by atoms with van der Waals surface area (Å²) in [5.74, 6) is -0.0166. The number of fused-ring (bicyclic) bond motifs is 1. The van der Waals surface area contributed by atoms with Crippen LogP contribution in [0.15, 0.2) is 67.4 Å². The van der Waals surface area contributed by atoms with Crippen LogP contribution < -0.4 is 0 Å². The fraction of sp³-hybridized carbons (Fsp3) is 0.158. The molecule has 3 aromatic heterocycles. The number of pyridine rings is 1. The molecule has 1 aliphatic rings. The predicted molar refractivity (Wildman–Crippen MR) is 96.0 cm³/mol. The number of carbonyl (C=O) groups is 1. The molecular formula is C19H16N6O. The lowest BCUT2D eigenvalue weighted by Crippen LogP contribution is -2.50. The average molecular weight is 344 g/mol. The molecule has 4 aromatic rings. The summed E-state index contributed by atoms with van der Waals surface area (Å²) in [7, 11) is 0. The quantitative estimate of drug-likeness (QED) is 0.572. The maximum Gasteiger partial charge on any atom is 0.255 e. The summed E-state index contributed by atoms with van der Waals surface area (Å²) >= 11 is 0. The standard InChI is InChI=1S/C19H16N6O/c26-19(23-11-16(12-23)25-8-4-7-22-25)14-9-17-18(20-10-14)24(13-21-17)15-5-2-1-3-6-15/h1-10,13,16H,11-12H2. The lowest BCUT2D eigenvalue weighted by atomic mass is 10.1. The smallest absolute Gasteiger partial charge is 0.255 e. The molecule has 7 nitrogen and oxygen atoms in total. The van der Waals surface area contributed by atoms with Gasteiger partial charge in [-0.25, -0.2) is 9.97 Å². The summed E-state index contributed by atoms with van der Waals surface area (Å²) in [5.41, 5.74) is 3.01. The lowest BCUT2D eigenvalue weighted by Gasteiger charge is -2.39. The molecule has 0 unspecified atom stereocenters. The van der Waals surface area contributed by atoms with Crippen molar-refractivity contribution in [2.75, 3.05) is 13.1 Å². The number of rotatable bonds is 3. The van der Waals surface area contributed by atoms with E-state index in [1.165, 1.54) is 0 Å². The van der Waals surface area contributed by atoms with Gasteiger partial charge in [0.1, 0.15) is 11.8 Å². The van der Waals surface area contributed by atoms with Crippen LogP contribution in [-0.2, 0) is 0 Å². The molecule has 26 heavy (non-hydrogen) atoms. The number of nitrogens with zero attached hydrogens (tertiary/aromatic N) is 6. The summed E-state index contributed by atoms with van der Waals surface area (Å²) in [5, 5.41) is 4.23. The van der Waals surface area contributed by atoms with Gasteiger partial charge in [0, 0.05) is 37.4 Å². The van der Waals surface area contributed by atoms with E-state index in [2.05, 4.69) is 15.1 Å². The van der Waals surface area contributed by atoms with Gasteiger partial charge in [-0.2, -0.15) is 5.10 Å². The largest absolute Gasteiger partial charge is 0.334 e. The normalized spacial score (nSPS) is 14.5. The Balaban J connectivity index is 1.38. The predicted octanol–water partition coefficient (Wildman–Crippen LogP) is 2.31. The maximum absolute atomic E-state index is 12.7. The molecule has 0 saturated carbocycles. The second-order valence-corrected chi connectivity index (χ2v) is 6.37. The van der Waals surface area contributed by atoms with E-state index in [9.17, 15) is 4.79 Å². The number of hydrogen-bond acceptors (Lipinski definition) is 4. The first-order chi connectivity index (χ1) is 12.8. The maximum atomic E-state index is 12.7. The van der Waals surface area contributed by atoms with Crippen molar-refractivity contribution in [3.63, 3.8) is 0 Å². The van der Waals surface area contributed by atoms with Crippen LogP contribution in [0.2, 0.25) is 0 Å². The summed E-state index contributed by atoms with van der Waals surface area (Å²) < 4.78 is 3.81. The molecule has 7 heteroatoms. The summed E-state index contributed by atoms with van der Waals surface area (Å²) in [4.78, 5) is 23.4. The van der Waals surface area contributed by atoms with Crippen molar-refractivity contribution in [1.29, 1.82) is 0 Å². The molecule has 0 bridgehead atoms. The third-order valence-corrected chi connectivity index (χ3v) is 4.72. The molecule has 1 fully saturated rings. The SMILES string of the molecule is O=C(c1cnc2c(c1)ncn2-c1ccccc1)N1CC(n2cccn2)C1. The van der Waals surface area contributed by atoms with Gasteiger partial charge in [-0.1, -0.05) is 18.2 Å². The van der Waals surface area contributed by atoms with E-state index in [0.717, 1.165) is 11.3 Å². The van der Waals surface area contributed by atoms with Gasteiger partial charge in [-0.3, -0.25) is 14.0 Å². The summed E-state index contributed by atoms with van der Waals surface area (Å²) in [6.45, 7) is 1.33. The van der Waals surface area contributed by atoms with Crippen molar-refractivity contribution in [3.05, 3.63) is 72.9 Å². The first kappa shape index (κ1) is 14.8. The number of likely N-dealkylation sites (tertiary alicyclic amines) is 1. The third-order valence-electron chi connectivity index (χ3n) is 4.72. The van der Waals surface area contributed by atoms with E-state index in [-0.39, 0.29) is 11.9 Å². The first-order valence-corrected chi connectivity index (χ1v) is 8.46. The second kappa shape index (κ2) is 5.80. The van der Waals surface area contributed by atoms with Crippen molar-refractivity contribution < 1.29 is 4.79 Å². The van der Waals surface area contributed by atoms with Crippen molar-refractivity contribution in [1.82, 2.24) is 29.2 Å². The molecule has 0 spiro atoms. The number of benzene rings is 1. The molecule has 5 rings (SSSR count). The van der Waals surface area contributed by atoms with Gasteiger partial charge in [0.05, 0.1) is 11.6 Å². The van der Waals surface area contributed by atoms with Gasteiger partial charge < -0.3 is 4.90 Å². The Bertz CT molecular complexity index is 1060. The Morgan fingerprint density at radius 3 is 2.69 bits per heavy atom. The Hall–Kier alpha value is -3.48. The molecule has 4 heterocycles. The highest BCUT2D eigenvalue weighted by Crippen LogP contribution is 2.23. The van der Waals surface area contributed by atoms with Gasteiger partial charge in [0.25, 0.3) is 5.91 Å². The zero-order valence-electron chi connectivity index (χ0n) is 13.9. The van der Waals surface area contributed by atoms with Crippen LogP contribution in [0.4, 0.5) is 0 Å². The monoisotopic (exact) mass is 344 g/mol. The van der Waals surface area contributed by atoms with Crippen molar-refractivity contribution in [3.8, 4) is 5.69 Å². The van der Waals surface area contributed by atoms with E-state index in [1.807, 2.05) is 62.8 Å². The molecule has 0 aliphatic carbocycles. The number of carbonyl (C=O) groups excluding carboxylic acids is 1. The topological polar surface area (TPSA) is 68.8 Å². The van der Waals surface area contributed by atoms with E-state index < -0.39 is 0 Å². The molecule has 128 valence electrons. The minimum absolute atomic E-state index is 0.0166. The van der Waals surface area contributed by atoms with Crippen molar-refractivity contribution in [2.45, 2.75) is 6.04 Å². The highest BCUT2D eigenvalue weighted by molar-refractivity contribution is 5.97. The third kappa shape index (κ3) is 2.36. The highest BCUT2D eigenvalue weighted by atomic mass is 16.2. The zero-order chi connectivity index (χ0) is 17.5. The fourth-order valence-electron chi connectivity index (χ4n) is 3.26. The Morgan fingerprint density at radius 1 is 1.08 bits per heavy atom. The highest BCUT2D eigenvalue weighted by Gasteiger charge is 2.33. The Labute approximate surface area is 149 Å². The number of aromatic nitrogens is 5. The van der Waals surface area contributed by atoms with Crippen LogP contribution in [0.3, 0.4) is 0 Å². The van der Waals surface area contributed by atoms with Gasteiger partial charge >= 0.3 is 0 Å². The number of imidazole rings is 1. The molecule has 0 radical (unpaired) electrons. The minimum atomic E-state index is -0.0166. The molecule has 1 aromatic carbocycles. The summed E-state index contributed by atoms with van der Waals surface area (Å²) in [6.07, 6.45) is 7.05. The van der Waals surface area contributed by atoms with Gasteiger partial charge in [-0.15, -0.1) is 0 Å². The van der Waals surface area contributed by atoms with Crippen LogP contribution in [0.5, 0.6) is 0 Å². The number of hydrogen-bond donors (Lipinski definition) is 0. The Kier molecular flexibility index (Phi) is 3.31. The lowest BCUT2D eigenvalue weighted by molar-refractivity contribution is 0.0501. The van der Waals surface area contributed by atoms with Crippen LogP contribution in [-0.4, -0.2) is 48.2 Å². The number of para-hydroxylation sites is 1. The molecular weight excluding hydrogens is 328 g/mol.